The molecule has 38 heavy (non-hydrogen) atoms. The molecule has 0 aromatic heterocycles. The van der Waals surface area contributed by atoms with Gasteiger partial charge in [-0.1, -0.05) is 48.5 Å². The monoisotopic (exact) mass is 538 g/mol. The lowest BCUT2D eigenvalue weighted by Gasteiger charge is -2.73. The molecule has 6 rings (SSSR count). The number of hydrogen-bond donors (Lipinski definition) is 0. The summed E-state index contributed by atoms with van der Waals surface area (Å²) >= 11 is 0. The van der Waals surface area contributed by atoms with Crippen LogP contribution in [0.1, 0.15) is 113 Å². The molecule has 3 nitrogen and oxygen atoms in total. The molecule has 1 saturated heterocycles. The van der Waals surface area contributed by atoms with E-state index in [1.165, 1.54) is 38.5 Å². The van der Waals surface area contributed by atoms with E-state index in [9.17, 15) is 18.0 Å². The molecule has 0 N–H and O–H groups in total. The van der Waals surface area contributed by atoms with Crippen LogP contribution in [0.3, 0.4) is 0 Å². The molecule has 10 atom stereocenters. The van der Waals surface area contributed by atoms with Crippen molar-refractivity contribution < 1.29 is 27.4 Å². The first-order chi connectivity index (χ1) is 17.4. The fourth-order valence-electron chi connectivity index (χ4n) is 12.4. The molecule has 0 spiro atoms. The van der Waals surface area contributed by atoms with Crippen molar-refractivity contribution in [2.24, 2.45) is 56.2 Å². The number of alkyl halides is 3. The molecule has 5 aliphatic carbocycles. The van der Waals surface area contributed by atoms with Gasteiger partial charge in [0.05, 0.1) is 12.7 Å². The summed E-state index contributed by atoms with van der Waals surface area (Å²) in [6.07, 6.45) is 5.78. The van der Waals surface area contributed by atoms with Crippen molar-refractivity contribution in [2.75, 3.05) is 6.61 Å². The lowest BCUT2D eigenvalue weighted by atomic mass is 9.31. The van der Waals surface area contributed by atoms with E-state index in [-0.39, 0.29) is 27.6 Å². The number of rotatable bonds is 1. The van der Waals surface area contributed by atoms with Crippen LogP contribution in [0, 0.1) is 56.2 Å². The second-order valence-corrected chi connectivity index (χ2v) is 16.5. The van der Waals surface area contributed by atoms with E-state index in [1.807, 2.05) is 0 Å². The van der Waals surface area contributed by atoms with Crippen molar-refractivity contribution >= 4 is 5.97 Å². The largest absolute Gasteiger partial charge is 0.490 e. The zero-order valence-electron chi connectivity index (χ0n) is 24.6. The van der Waals surface area contributed by atoms with Crippen LogP contribution in [-0.4, -0.2) is 31.0 Å². The number of ether oxygens (including phenoxy) is 2. The third-order valence-electron chi connectivity index (χ3n) is 14.6. The van der Waals surface area contributed by atoms with Gasteiger partial charge in [-0.2, -0.15) is 13.2 Å². The summed E-state index contributed by atoms with van der Waals surface area (Å²) in [7, 11) is 0. The SMILES string of the molecule is CC1(C)CC[C@@]23CC[C@]4(C)[C@@H](CC[C@H]5[C@@]6(C)CC[C@H](OC(=O)C(F)(F)F)C(C)(C)[C@@H]6CC[C@]54C)[C@H]2[C@@H]1OC3. The van der Waals surface area contributed by atoms with Crippen LogP contribution < -0.4 is 0 Å². The Morgan fingerprint density at radius 3 is 2.16 bits per heavy atom. The topological polar surface area (TPSA) is 35.5 Å². The summed E-state index contributed by atoms with van der Waals surface area (Å²) in [6, 6.07) is 0. The quantitative estimate of drug-likeness (QED) is 0.315. The highest BCUT2D eigenvalue weighted by Crippen LogP contribution is 2.78. The average Bonchev–Trinajstić information content (AvgIpc) is 3.14. The maximum absolute atomic E-state index is 13.1. The summed E-state index contributed by atoms with van der Waals surface area (Å²) in [6.45, 7) is 17.5. The summed E-state index contributed by atoms with van der Waals surface area (Å²) in [5.74, 6) is 0.0918. The van der Waals surface area contributed by atoms with E-state index in [0.717, 1.165) is 25.9 Å². The standard InChI is InChI=1S/C32H49F3O3/c1-26(2)14-16-31-17-15-29(6)19(23(31)24(26)37-18-31)8-9-21-28(5)12-11-22(38-25(36)32(33,34)35)27(3,4)20(28)10-13-30(21,29)7/h19-24H,8-18H2,1-7H3/t19-,20-,21-,22-,23-,24-,28-,29+,30+,31-/m0/s1. The Kier molecular flexibility index (Phi) is 5.72. The Morgan fingerprint density at radius 1 is 0.789 bits per heavy atom. The van der Waals surface area contributed by atoms with Crippen LogP contribution in [0.2, 0.25) is 0 Å². The molecular weight excluding hydrogens is 489 g/mol. The maximum Gasteiger partial charge on any atom is 0.490 e. The van der Waals surface area contributed by atoms with Crippen molar-refractivity contribution in [3.63, 3.8) is 0 Å². The Hall–Kier alpha value is -0.780. The van der Waals surface area contributed by atoms with Crippen LogP contribution in [0.15, 0.2) is 0 Å². The Labute approximate surface area is 227 Å². The van der Waals surface area contributed by atoms with Crippen LogP contribution in [-0.2, 0) is 14.3 Å². The fraction of sp³-hybridized carbons (Fsp3) is 0.969. The van der Waals surface area contributed by atoms with Crippen molar-refractivity contribution in [1.82, 2.24) is 0 Å². The van der Waals surface area contributed by atoms with E-state index in [4.69, 9.17) is 9.47 Å². The van der Waals surface area contributed by atoms with E-state index in [1.54, 1.807) is 0 Å². The predicted molar refractivity (Wildman–Crippen MR) is 140 cm³/mol. The molecular formula is C32H49F3O3. The summed E-state index contributed by atoms with van der Waals surface area (Å²) in [5.41, 5.74) is 0.625. The number of fused-ring (bicyclic) bond motifs is 5. The van der Waals surface area contributed by atoms with Gasteiger partial charge in [-0.3, -0.25) is 0 Å². The first kappa shape index (κ1) is 27.4. The minimum Gasteiger partial charge on any atom is -0.455 e. The minimum atomic E-state index is -4.94. The third-order valence-corrected chi connectivity index (χ3v) is 14.6. The van der Waals surface area contributed by atoms with Gasteiger partial charge in [-0.25, -0.2) is 4.79 Å². The molecule has 0 amide bonds. The third kappa shape index (κ3) is 3.33. The van der Waals surface area contributed by atoms with Gasteiger partial charge in [0.25, 0.3) is 0 Å². The highest BCUT2D eigenvalue weighted by molar-refractivity contribution is 5.75. The van der Waals surface area contributed by atoms with Crippen molar-refractivity contribution in [3.05, 3.63) is 0 Å². The first-order valence-corrected chi connectivity index (χ1v) is 15.3. The molecule has 0 aromatic rings. The van der Waals surface area contributed by atoms with Crippen LogP contribution >= 0.6 is 0 Å². The van der Waals surface area contributed by atoms with Crippen molar-refractivity contribution in [1.29, 1.82) is 0 Å². The second-order valence-electron chi connectivity index (χ2n) is 16.5. The molecule has 5 saturated carbocycles. The molecule has 6 heteroatoms. The molecule has 2 bridgehead atoms. The number of esters is 1. The van der Waals surface area contributed by atoms with Gasteiger partial charge >= 0.3 is 12.1 Å². The summed E-state index contributed by atoms with van der Waals surface area (Å²) in [4.78, 5) is 11.8. The zero-order chi connectivity index (χ0) is 27.7. The Morgan fingerprint density at radius 2 is 1.47 bits per heavy atom. The predicted octanol–water partition coefficient (Wildman–Crippen LogP) is 8.35. The highest BCUT2D eigenvalue weighted by atomic mass is 19.4. The van der Waals surface area contributed by atoms with Crippen LogP contribution in [0.5, 0.6) is 0 Å². The van der Waals surface area contributed by atoms with Crippen molar-refractivity contribution in [3.8, 4) is 0 Å². The number of carbonyl (C=O) groups excluding carboxylic acids is 1. The molecule has 216 valence electrons. The van der Waals surface area contributed by atoms with Gasteiger partial charge < -0.3 is 9.47 Å². The van der Waals surface area contributed by atoms with Gasteiger partial charge in [-0.15, -0.1) is 0 Å². The van der Waals surface area contributed by atoms with Crippen molar-refractivity contribution in [2.45, 2.75) is 131 Å². The highest BCUT2D eigenvalue weighted by Gasteiger charge is 2.73. The maximum atomic E-state index is 13.1. The molecule has 6 aliphatic rings. The van der Waals surface area contributed by atoms with Crippen LogP contribution in [0.25, 0.3) is 0 Å². The normalized spacial score (nSPS) is 52.7. The van der Waals surface area contributed by atoms with E-state index in [2.05, 4.69) is 48.5 Å². The van der Waals surface area contributed by atoms with E-state index >= 15 is 0 Å². The van der Waals surface area contributed by atoms with Gasteiger partial charge in [0.15, 0.2) is 0 Å². The first-order valence-electron chi connectivity index (χ1n) is 15.3. The van der Waals surface area contributed by atoms with E-state index < -0.39 is 23.7 Å². The summed E-state index contributed by atoms with van der Waals surface area (Å²) in [5, 5.41) is 0. The fourth-order valence-corrected chi connectivity index (χ4v) is 12.4. The van der Waals surface area contributed by atoms with Gasteiger partial charge in [0.2, 0.25) is 0 Å². The minimum absolute atomic E-state index is 0.0437. The summed E-state index contributed by atoms with van der Waals surface area (Å²) < 4.78 is 51.1. The number of halogens is 3. The average molecular weight is 539 g/mol. The number of hydrogen-bond acceptors (Lipinski definition) is 3. The lowest BCUT2D eigenvalue weighted by Crippen LogP contribution is -2.68. The molecule has 0 unspecified atom stereocenters. The van der Waals surface area contributed by atoms with Crippen LogP contribution in [0.4, 0.5) is 13.2 Å². The molecule has 1 heterocycles. The molecule has 1 aliphatic heterocycles. The molecule has 6 fully saturated rings. The molecule has 0 radical (unpaired) electrons. The molecule has 0 aromatic carbocycles. The van der Waals surface area contributed by atoms with Gasteiger partial charge in [-0.05, 0) is 115 Å². The second kappa shape index (κ2) is 7.94. The lowest BCUT2D eigenvalue weighted by molar-refractivity contribution is -0.259. The van der Waals surface area contributed by atoms with Gasteiger partial charge in [0.1, 0.15) is 6.10 Å². The Bertz CT molecular complexity index is 1000. The zero-order valence-corrected chi connectivity index (χ0v) is 24.6. The Balaban J connectivity index is 1.31. The number of carbonyl (C=O) groups is 1. The van der Waals surface area contributed by atoms with Gasteiger partial charge in [0, 0.05) is 5.41 Å². The van der Waals surface area contributed by atoms with E-state index in [0.29, 0.717) is 35.7 Å². The smallest absolute Gasteiger partial charge is 0.455 e.